The summed E-state index contributed by atoms with van der Waals surface area (Å²) >= 11 is 0. The molecule has 2 heteroatoms. The highest BCUT2D eigenvalue weighted by Gasteiger charge is 2.02. The van der Waals surface area contributed by atoms with E-state index in [1.807, 2.05) is 31.2 Å². The molecule has 0 fully saturated rings. The zero-order valence-corrected chi connectivity index (χ0v) is 8.16. The summed E-state index contributed by atoms with van der Waals surface area (Å²) in [5.74, 6) is 0.856. The molecule has 0 saturated carbocycles. The summed E-state index contributed by atoms with van der Waals surface area (Å²) in [4.78, 5) is 0. The highest BCUT2D eigenvalue weighted by Crippen LogP contribution is 2.13. The molecule has 13 heavy (non-hydrogen) atoms. The Kier molecular flexibility index (Phi) is 3.77. The molecule has 0 aliphatic carbocycles. The zero-order chi connectivity index (χ0) is 9.68. The maximum Gasteiger partial charge on any atom is 0.118 e. The zero-order valence-electron chi connectivity index (χ0n) is 8.16. The molecule has 1 aromatic rings. The second kappa shape index (κ2) is 4.87. The van der Waals surface area contributed by atoms with Crippen LogP contribution in [-0.4, -0.2) is 18.3 Å². The minimum absolute atomic E-state index is 0.228. The summed E-state index contributed by atoms with van der Waals surface area (Å²) in [6.07, 6.45) is 1.29. The van der Waals surface area contributed by atoms with Crippen LogP contribution in [0.25, 0.3) is 0 Å². The van der Waals surface area contributed by atoms with Crippen molar-refractivity contribution in [3.05, 3.63) is 29.8 Å². The van der Waals surface area contributed by atoms with Crippen molar-refractivity contribution in [2.24, 2.45) is 0 Å². The van der Waals surface area contributed by atoms with Crippen molar-refractivity contribution in [3.8, 4) is 5.75 Å². The third kappa shape index (κ3) is 3.07. The highest BCUT2D eigenvalue weighted by molar-refractivity contribution is 5.27. The summed E-state index contributed by atoms with van der Waals surface area (Å²) in [7, 11) is 1.65. The van der Waals surface area contributed by atoms with Gasteiger partial charge >= 0.3 is 0 Å². The Bertz CT molecular complexity index is 241. The van der Waals surface area contributed by atoms with Crippen LogP contribution < -0.4 is 4.74 Å². The Balaban J connectivity index is 2.58. The van der Waals surface area contributed by atoms with Gasteiger partial charge in [-0.25, -0.2) is 0 Å². The standard InChI is InChI=1S/C11H16O2/c1-3-10(12)8-9-4-6-11(13-2)7-5-9/h4-7,10,12H,3,8H2,1-2H3/t10-/m1/s1. The molecule has 0 aromatic heterocycles. The van der Waals surface area contributed by atoms with Gasteiger partial charge in [0, 0.05) is 0 Å². The predicted octanol–water partition coefficient (Wildman–Crippen LogP) is 2.01. The van der Waals surface area contributed by atoms with Gasteiger partial charge in [0.05, 0.1) is 13.2 Å². The summed E-state index contributed by atoms with van der Waals surface area (Å²) < 4.78 is 5.04. The molecule has 0 spiro atoms. The number of aliphatic hydroxyl groups is 1. The van der Waals surface area contributed by atoms with Crippen molar-refractivity contribution >= 4 is 0 Å². The first-order chi connectivity index (χ1) is 6.26. The van der Waals surface area contributed by atoms with Crippen LogP contribution in [0.3, 0.4) is 0 Å². The first-order valence-electron chi connectivity index (χ1n) is 4.57. The lowest BCUT2D eigenvalue weighted by molar-refractivity contribution is 0.171. The lowest BCUT2D eigenvalue weighted by Crippen LogP contribution is -2.07. The smallest absolute Gasteiger partial charge is 0.118 e. The average Bonchev–Trinajstić information content (AvgIpc) is 2.19. The Morgan fingerprint density at radius 1 is 1.31 bits per heavy atom. The lowest BCUT2D eigenvalue weighted by atomic mass is 10.1. The Morgan fingerprint density at radius 2 is 1.92 bits per heavy atom. The summed E-state index contributed by atoms with van der Waals surface area (Å²) in [5.41, 5.74) is 1.15. The second-order valence-corrected chi connectivity index (χ2v) is 3.11. The Hall–Kier alpha value is -1.02. The molecule has 0 saturated heterocycles. The quantitative estimate of drug-likeness (QED) is 0.768. The molecule has 0 radical (unpaired) electrons. The van der Waals surface area contributed by atoms with Crippen LogP contribution in [0.1, 0.15) is 18.9 Å². The molecule has 0 unspecified atom stereocenters. The van der Waals surface area contributed by atoms with Crippen molar-refractivity contribution in [1.29, 1.82) is 0 Å². The number of hydrogen-bond acceptors (Lipinski definition) is 2. The predicted molar refractivity (Wildman–Crippen MR) is 53.0 cm³/mol. The van der Waals surface area contributed by atoms with Crippen LogP contribution in [0.5, 0.6) is 5.75 Å². The minimum Gasteiger partial charge on any atom is -0.497 e. The Labute approximate surface area is 79.2 Å². The van der Waals surface area contributed by atoms with Crippen LogP contribution in [0, 0.1) is 0 Å². The molecule has 0 aliphatic rings. The van der Waals surface area contributed by atoms with Crippen molar-refractivity contribution in [2.75, 3.05) is 7.11 Å². The molecule has 0 aliphatic heterocycles. The van der Waals surface area contributed by atoms with Gasteiger partial charge in [0.15, 0.2) is 0 Å². The average molecular weight is 180 g/mol. The van der Waals surface area contributed by atoms with Crippen LogP contribution in [0.4, 0.5) is 0 Å². The van der Waals surface area contributed by atoms with Crippen LogP contribution >= 0.6 is 0 Å². The molecular formula is C11H16O2. The fraction of sp³-hybridized carbons (Fsp3) is 0.455. The molecule has 1 N–H and O–H groups in total. The number of ether oxygens (including phenoxy) is 1. The maximum absolute atomic E-state index is 9.41. The number of benzene rings is 1. The molecule has 1 rings (SSSR count). The lowest BCUT2D eigenvalue weighted by Gasteiger charge is -2.07. The van der Waals surface area contributed by atoms with Crippen LogP contribution in [0.2, 0.25) is 0 Å². The van der Waals surface area contributed by atoms with Gasteiger partial charge in [-0.3, -0.25) is 0 Å². The van der Waals surface area contributed by atoms with Crippen molar-refractivity contribution in [3.63, 3.8) is 0 Å². The molecule has 2 nitrogen and oxygen atoms in total. The van der Waals surface area contributed by atoms with Gasteiger partial charge in [-0.15, -0.1) is 0 Å². The van der Waals surface area contributed by atoms with E-state index in [2.05, 4.69) is 0 Å². The molecule has 0 amide bonds. The number of aliphatic hydroxyl groups excluding tert-OH is 1. The normalized spacial score (nSPS) is 12.5. The van der Waals surface area contributed by atoms with E-state index in [4.69, 9.17) is 4.74 Å². The van der Waals surface area contributed by atoms with E-state index in [-0.39, 0.29) is 6.10 Å². The van der Waals surface area contributed by atoms with E-state index < -0.39 is 0 Å². The third-order valence-electron chi connectivity index (χ3n) is 2.10. The number of methoxy groups -OCH3 is 1. The van der Waals surface area contributed by atoms with E-state index >= 15 is 0 Å². The van der Waals surface area contributed by atoms with Gasteiger partial charge in [-0.05, 0) is 30.5 Å². The SMILES string of the molecule is CC[C@@H](O)Cc1ccc(OC)cc1. The molecule has 1 aromatic carbocycles. The van der Waals surface area contributed by atoms with E-state index in [1.54, 1.807) is 7.11 Å². The molecule has 0 bridgehead atoms. The van der Waals surface area contributed by atoms with Gasteiger partial charge in [-0.1, -0.05) is 19.1 Å². The highest BCUT2D eigenvalue weighted by atomic mass is 16.5. The first-order valence-corrected chi connectivity index (χ1v) is 4.57. The molecule has 1 atom stereocenters. The maximum atomic E-state index is 9.41. The topological polar surface area (TPSA) is 29.5 Å². The van der Waals surface area contributed by atoms with Gasteiger partial charge in [0.1, 0.15) is 5.75 Å². The van der Waals surface area contributed by atoms with Gasteiger partial charge < -0.3 is 9.84 Å². The molecule has 0 heterocycles. The van der Waals surface area contributed by atoms with Crippen molar-refractivity contribution < 1.29 is 9.84 Å². The monoisotopic (exact) mass is 180 g/mol. The van der Waals surface area contributed by atoms with E-state index in [0.29, 0.717) is 0 Å². The third-order valence-corrected chi connectivity index (χ3v) is 2.10. The van der Waals surface area contributed by atoms with Crippen LogP contribution in [0.15, 0.2) is 24.3 Å². The number of rotatable bonds is 4. The van der Waals surface area contributed by atoms with E-state index in [9.17, 15) is 5.11 Å². The number of hydrogen-bond donors (Lipinski definition) is 1. The van der Waals surface area contributed by atoms with E-state index in [0.717, 1.165) is 24.2 Å². The molecule has 72 valence electrons. The van der Waals surface area contributed by atoms with E-state index in [1.165, 1.54) is 0 Å². The summed E-state index contributed by atoms with van der Waals surface area (Å²) in [6.45, 7) is 1.98. The van der Waals surface area contributed by atoms with Gasteiger partial charge in [0.25, 0.3) is 0 Å². The Morgan fingerprint density at radius 3 is 2.38 bits per heavy atom. The first kappa shape index (κ1) is 10.1. The van der Waals surface area contributed by atoms with Gasteiger partial charge in [-0.2, -0.15) is 0 Å². The second-order valence-electron chi connectivity index (χ2n) is 3.11. The fourth-order valence-electron chi connectivity index (χ4n) is 1.18. The van der Waals surface area contributed by atoms with Gasteiger partial charge in [0.2, 0.25) is 0 Å². The van der Waals surface area contributed by atoms with Crippen LogP contribution in [-0.2, 0) is 6.42 Å². The minimum atomic E-state index is -0.228. The summed E-state index contributed by atoms with van der Waals surface area (Å²) in [6, 6.07) is 7.80. The summed E-state index contributed by atoms with van der Waals surface area (Å²) in [5, 5.41) is 9.41. The largest absolute Gasteiger partial charge is 0.497 e. The van der Waals surface area contributed by atoms with Crippen molar-refractivity contribution in [1.82, 2.24) is 0 Å². The fourth-order valence-corrected chi connectivity index (χ4v) is 1.18. The van der Waals surface area contributed by atoms with Crippen molar-refractivity contribution in [2.45, 2.75) is 25.9 Å². The molecular weight excluding hydrogens is 164 g/mol.